The lowest BCUT2D eigenvalue weighted by Gasteiger charge is -1.97. The molecular weight excluding hydrogens is 172 g/mol. The molecule has 0 aliphatic heterocycles. The Bertz CT molecular complexity index is 349. The molecule has 1 aromatic heterocycles. The second-order valence-corrected chi connectivity index (χ2v) is 2.46. The number of nitrogens with zero attached hydrogens (tertiary/aromatic N) is 2. The van der Waals surface area contributed by atoms with Crippen molar-refractivity contribution in [3.63, 3.8) is 0 Å². The Morgan fingerprint density at radius 1 is 1.69 bits per heavy atom. The number of nitro groups is 1. The molecule has 0 saturated carbocycles. The van der Waals surface area contributed by atoms with Crippen molar-refractivity contribution in [1.82, 2.24) is 4.98 Å². The zero-order valence-electron chi connectivity index (χ0n) is 7.06. The Morgan fingerprint density at radius 2 is 2.38 bits per heavy atom. The molecule has 5 nitrogen and oxygen atoms in total. The first-order valence-corrected chi connectivity index (χ1v) is 3.77. The third-order valence-corrected chi connectivity index (χ3v) is 1.65. The van der Waals surface area contributed by atoms with Gasteiger partial charge in [0.1, 0.15) is 5.56 Å². The van der Waals surface area contributed by atoms with E-state index in [0.717, 1.165) is 0 Å². The second kappa shape index (κ2) is 3.75. The van der Waals surface area contributed by atoms with Gasteiger partial charge in [0.15, 0.2) is 6.29 Å². The highest BCUT2D eigenvalue weighted by atomic mass is 16.6. The topological polar surface area (TPSA) is 73.1 Å². The lowest BCUT2D eigenvalue weighted by atomic mass is 10.2. The number of aryl methyl sites for hydroxylation is 1. The summed E-state index contributed by atoms with van der Waals surface area (Å²) in [5, 5.41) is 10.5. The fourth-order valence-electron chi connectivity index (χ4n) is 0.939. The number of pyridine rings is 1. The molecule has 0 aromatic carbocycles. The fourth-order valence-corrected chi connectivity index (χ4v) is 0.939. The van der Waals surface area contributed by atoms with E-state index in [1.807, 2.05) is 6.92 Å². The highest BCUT2D eigenvalue weighted by Crippen LogP contribution is 2.16. The molecule has 0 unspecified atom stereocenters. The van der Waals surface area contributed by atoms with E-state index in [-0.39, 0.29) is 11.3 Å². The van der Waals surface area contributed by atoms with Gasteiger partial charge in [-0.25, -0.2) is 0 Å². The summed E-state index contributed by atoms with van der Waals surface area (Å²) in [6.07, 6.45) is 2.27. The molecular formula is C8H8N2O3. The maximum atomic E-state index is 10.5. The predicted molar refractivity (Wildman–Crippen MR) is 45.7 cm³/mol. The maximum Gasteiger partial charge on any atom is 0.283 e. The van der Waals surface area contributed by atoms with Crippen LogP contribution >= 0.6 is 0 Å². The zero-order valence-corrected chi connectivity index (χ0v) is 7.06. The Kier molecular flexibility index (Phi) is 2.69. The van der Waals surface area contributed by atoms with Gasteiger partial charge in [-0.2, -0.15) is 0 Å². The first-order chi connectivity index (χ1) is 6.19. The molecule has 0 fully saturated rings. The fraction of sp³-hybridized carbons (Fsp3) is 0.250. The van der Waals surface area contributed by atoms with E-state index in [1.54, 1.807) is 0 Å². The molecule has 0 aliphatic carbocycles. The van der Waals surface area contributed by atoms with E-state index in [4.69, 9.17) is 0 Å². The van der Waals surface area contributed by atoms with Gasteiger partial charge in [0.25, 0.3) is 5.69 Å². The minimum Gasteiger partial charge on any atom is -0.298 e. The van der Waals surface area contributed by atoms with Gasteiger partial charge < -0.3 is 0 Å². The molecule has 1 rings (SSSR count). The van der Waals surface area contributed by atoms with Crippen LogP contribution in [-0.4, -0.2) is 16.2 Å². The number of aromatic nitrogens is 1. The van der Waals surface area contributed by atoms with Gasteiger partial charge >= 0.3 is 0 Å². The number of carbonyl (C=O) groups excluding carboxylic acids is 1. The number of hydrogen-bond donors (Lipinski definition) is 0. The molecule has 0 saturated heterocycles. The summed E-state index contributed by atoms with van der Waals surface area (Å²) >= 11 is 0. The second-order valence-electron chi connectivity index (χ2n) is 2.46. The number of rotatable bonds is 3. The molecule has 0 spiro atoms. The smallest absolute Gasteiger partial charge is 0.283 e. The van der Waals surface area contributed by atoms with Crippen LogP contribution in [-0.2, 0) is 6.42 Å². The molecule has 5 heteroatoms. The van der Waals surface area contributed by atoms with Crippen molar-refractivity contribution in [2.45, 2.75) is 13.3 Å². The average molecular weight is 180 g/mol. The van der Waals surface area contributed by atoms with Crippen molar-refractivity contribution in [3.8, 4) is 0 Å². The SMILES string of the molecule is CCc1cc([N+](=O)[O-])c(C=O)cn1. The van der Waals surface area contributed by atoms with Crippen LogP contribution in [0.5, 0.6) is 0 Å². The molecule has 0 N–H and O–H groups in total. The summed E-state index contributed by atoms with van der Waals surface area (Å²) in [5.74, 6) is 0. The molecule has 1 aromatic rings. The van der Waals surface area contributed by atoms with Crippen LogP contribution in [0.25, 0.3) is 0 Å². The van der Waals surface area contributed by atoms with Crippen molar-refractivity contribution in [3.05, 3.63) is 33.6 Å². The van der Waals surface area contributed by atoms with E-state index in [1.165, 1.54) is 12.3 Å². The van der Waals surface area contributed by atoms with Crippen LogP contribution in [0.15, 0.2) is 12.3 Å². The predicted octanol–water partition coefficient (Wildman–Crippen LogP) is 1.36. The summed E-state index contributed by atoms with van der Waals surface area (Å²) in [7, 11) is 0. The number of hydrogen-bond acceptors (Lipinski definition) is 4. The van der Waals surface area contributed by atoms with E-state index in [0.29, 0.717) is 18.4 Å². The summed E-state index contributed by atoms with van der Waals surface area (Å²) in [6, 6.07) is 1.32. The maximum absolute atomic E-state index is 10.5. The molecule has 0 radical (unpaired) electrons. The lowest BCUT2D eigenvalue weighted by Crippen LogP contribution is -1.98. The minimum atomic E-state index is -0.579. The van der Waals surface area contributed by atoms with Crippen molar-refractivity contribution >= 4 is 12.0 Å². The number of aldehydes is 1. The Morgan fingerprint density at radius 3 is 2.85 bits per heavy atom. The number of carbonyl (C=O) groups is 1. The van der Waals surface area contributed by atoms with Gasteiger partial charge in [0.2, 0.25) is 0 Å². The van der Waals surface area contributed by atoms with Crippen LogP contribution in [0.3, 0.4) is 0 Å². The van der Waals surface area contributed by atoms with Crippen LogP contribution in [0, 0.1) is 10.1 Å². The van der Waals surface area contributed by atoms with Gasteiger partial charge in [-0.1, -0.05) is 6.92 Å². The first kappa shape index (κ1) is 9.31. The van der Waals surface area contributed by atoms with E-state index in [2.05, 4.69) is 4.98 Å². The van der Waals surface area contributed by atoms with Crippen LogP contribution < -0.4 is 0 Å². The van der Waals surface area contributed by atoms with E-state index < -0.39 is 4.92 Å². The van der Waals surface area contributed by atoms with Gasteiger partial charge in [0, 0.05) is 18.0 Å². The molecule has 0 bridgehead atoms. The quantitative estimate of drug-likeness (QED) is 0.400. The highest BCUT2D eigenvalue weighted by molar-refractivity contribution is 5.80. The largest absolute Gasteiger partial charge is 0.298 e. The normalized spacial score (nSPS) is 9.62. The Balaban J connectivity index is 3.25. The van der Waals surface area contributed by atoms with Crippen molar-refractivity contribution in [1.29, 1.82) is 0 Å². The Hall–Kier alpha value is -1.78. The molecule has 1 heterocycles. The summed E-state index contributed by atoms with van der Waals surface area (Å²) < 4.78 is 0. The van der Waals surface area contributed by atoms with Crippen LogP contribution in [0.1, 0.15) is 23.0 Å². The molecule has 0 amide bonds. The molecule has 13 heavy (non-hydrogen) atoms. The van der Waals surface area contributed by atoms with Crippen molar-refractivity contribution in [2.75, 3.05) is 0 Å². The summed E-state index contributed by atoms with van der Waals surface area (Å²) in [6.45, 7) is 1.84. The molecule has 0 aliphatic rings. The van der Waals surface area contributed by atoms with E-state index in [9.17, 15) is 14.9 Å². The minimum absolute atomic E-state index is 0.0159. The van der Waals surface area contributed by atoms with Gasteiger partial charge in [-0.3, -0.25) is 19.9 Å². The van der Waals surface area contributed by atoms with Crippen LogP contribution in [0.4, 0.5) is 5.69 Å². The third kappa shape index (κ3) is 1.87. The monoisotopic (exact) mass is 180 g/mol. The van der Waals surface area contributed by atoms with Gasteiger partial charge in [-0.15, -0.1) is 0 Å². The van der Waals surface area contributed by atoms with Crippen LogP contribution in [0.2, 0.25) is 0 Å². The highest BCUT2D eigenvalue weighted by Gasteiger charge is 2.13. The van der Waals surface area contributed by atoms with Crippen molar-refractivity contribution in [2.24, 2.45) is 0 Å². The standard InChI is InChI=1S/C8H8N2O3/c1-2-7-3-8(10(12)13)6(5-11)4-9-7/h3-5H,2H2,1H3. The zero-order chi connectivity index (χ0) is 9.84. The third-order valence-electron chi connectivity index (χ3n) is 1.65. The van der Waals surface area contributed by atoms with Gasteiger partial charge in [0.05, 0.1) is 4.92 Å². The summed E-state index contributed by atoms with van der Waals surface area (Å²) in [5.41, 5.74) is 0.446. The molecule has 0 atom stereocenters. The summed E-state index contributed by atoms with van der Waals surface area (Å²) in [4.78, 5) is 24.2. The first-order valence-electron chi connectivity index (χ1n) is 3.77. The van der Waals surface area contributed by atoms with Gasteiger partial charge in [-0.05, 0) is 6.42 Å². The van der Waals surface area contributed by atoms with E-state index >= 15 is 0 Å². The average Bonchev–Trinajstić information content (AvgIpc) is 2.16. The van der Waals surface area contributed by atoms with Crippen molar-refractivity contribution < 1.29 is 9.72 Å². The lowest BCUT2D eigenvalue weighted by molar-refractivity contribution is -0.385. The molecule has 68 valence electrons. The Labute approximate surface area is 74.6 Å².